The predicted octanol–water partition coefficient (Wildman–Crippen LogP) is 5.18. The van der Waals surface area contributed by atoms with Gasteiger partial charge in [0.1, 0.15) is 28.4 Å². The fourth-order valence-electron chi connectivity index (χ4n) is 1.74. The number of hydrogen-bond donors (Lipinski definition) is 1. The summed E-state index contributed by atoms with van der Waals surface area (Å²) in [5.74, 6) is -0.378. The summed E-state index contributed by atoms with van der Waals surface area (Å²) in [6.07, 6.45) is 1.54. The smallest absolute Gasteiger partial charge is 0.149 e. The zero-order chi connectivity index (χ0) is 15.6. The van der Waals surface area contributed by atoms with E-state index >= 15 is 0 Å². The first-order valence-electron chi connectivity index (χ1n) is 6.37. The molecular formula is C14H13BrClF2N3. The quantitative estimate of drug-likeness (QED) is 0.590. The number of aromatic nitrogens is 2. The molecule has 0 aliphatic rings. The molecule has 0 amide bonds. The molecule has 0 atom stereocenters. The number of halogens is 4. The maximum Gasteiger partial charge on any atom is 0.149 e. The molecule has 1 aromatic heterocycles. The van der Waals surface area contributed by atoms with Crippen LogP contribution in [-0.4, -0.2) is 9.97 Å². The summed E-state index contributed by atoms with van der Waals surface area (Å²) >= 11 is 9.09. The van der Waals surface area contributed by atoms with Crippen molar-refractivity contribution >= 4 is 39.0 Å². The third-order valence-corrected chi connectivity index (χ3v) is 3.85. The van der Waals surface area contributed by atoms with Gasteiger partial charge in [-0.2, -0.15) is 0 Å². The number of anilines is 2. The molecule has 0 fully saturated rings. The molecular weight excluding hydrogens is 364 g/mol. The van der Waals surface area contributed by atoms with E-state index in [2.05, 4.69) is 31.2 Å². The van der Waals surface area contributed by atoms with Gasteiger partial charge in [0.25, 0.3) is 0 Å². The topological polar surface area (TPSA) is 37.8 Å². The van der Waals surface area contributed by atoms with Crippen molar-refractivity contribution in [3.63, 3.8) is 0 Å². The van der Waals surface area contributed by atoms with Crippen LogP contribution >= 0.6 is 27.5 Å². The van der Waals surface area contributed by atoms with E-state index in [9.17, 15) is 8.78 Å². The van der Waals surface area contributed by atoms with Crippen LogP contribution in [0.15, 0.2) is 16.6 Å². The number of nitrogens with one attached hydrogen (secondary N) is 1. The van der Waals surface area contributed by atoms with Gasteiger partial charge in [-0.1, -0.05) is 18.5 Å². The first-order chi connectivity index (χ1) is 9.92. The number of hydrogen-bond acceptors (Lipinski definition) is 3. The van der Waals surface area contributed by atoms with Crippen molar-refractivity contribution in [2.75, 3.05) is 5.32 Å². The minimum absolute atomic E-state index is 0.114. The van der Waals surface area contributed by atoms with Crippen molar-refractivity contribution < 1.29 is 8.78 Å². The summed E-state index contributed by atoms with van der Waals surface area (Å²) in [4.78, 5) is 8.50. The van der Waals surface area contributed by atoms with Gasteiger partial charge in [-0.25, -0.2) is 18.7 Å². The van der Waals surface area contributed by atoms with Crippen LogP contribution in [0.1, 0.15) is 24.7 Å². The maximum atomic E-state index is 13.8. The summed E-state index contributed by atoms with van der Waals surface area (Å²) in [5, 5.41) is 3.16. The lowest BCUT2D eigenvalue weighted by atomic mass is 10.2. The van der Waals surface area contributed by atoms with Gasteiger partial charge in [0.15, 0.2) is 0 Å². The minimum atomic E-state index is -0.707. The second-order valence-corrected chi connectivity index (χ2v) is 5.74. The molecule has 112 valence electrons. The largest absolute Gasteiger partial charge is 0.337 e. The van der Waals surface area contributed by atoms with E-state index in [1.807, 2.05) is 6.92 Å². The number of rotatable bonds is 4. The lowest BCUT2D eigenvalue weighted by molar-refractivity contribution is 0.581. The van der Waals surface area contributed by atoms with Crippen molar-refractivity contribution in [1.82, 2.24) is 9.97 Å². The van der Waals surface area contributed by atoms with Crippen LogP contribution in [0.3, 0.4) is 0 Å². The van der Waals surface area contributed by atoms with Gasteiger partial charge in [0, 0.05) is 18.1 Å². The molecule has 0 bridgehead atoms. The molecule has 0 spiro atoms. The molecule has 0 saturated carbocycles. The van der Waals surface area contributed by atoms with Crippen LogP contribution in [0.25, 0.3) is 0 Å². The van der Waals surface area contributed by atoms with Crippen molar-refractivity contribution in [3.05, 3.63) is 44.8 Å². The van der Waals surface area contributed by atoms with Crippen LogP contribution in [0.5, 0.6) is 0 Å². The lowest BCUT2D eigenvalue weighted by Gasteiger charge is -2.12. The zero-order valence-corrected chi connectivity index (χ0v) is 13.8. The first-order valence-corrected chi connectivity index (χ1v) is 7.54. The van der Waals surface area contributed by atoms with E-state index in [1.165, 1.54) is 6.07 Å². The molecule has 21 heavy (non-hydrogen) atoms. The van der Waals surface area contributed by atoms with E-state index in [0.717, 1.165) is 12.5 Å². The molecule has 0 radical (unpaired) electrons. The standard InChI is InChI=1S/C14H13BrClF2N3/c1-3-4-12-20-13(16)7(2)14(21-12)19-11-5-8(15)9(17)6-10(11)18/h5-6H,3-4H2,1-2H3,(H,19,20,21). The fourth-order valence-corrected chi connectivity index (χ4v) is 2.27. The van der Waals surface area contributed by atoms with Crippen molar-refractivity contribution in [1.29, 1.82) is 0 Å². The molecule has 3 nitrogen and oxygen atoms in total. The highest BCUT2D eigenvalue weighted by Crippen LogP contribution is 2.28. The Morgan fingerprint density at radius 2 is 1.95 bits per heavy atom. The van der Waals surface area contributed by atoms with Crippen LogP contribution in [-0.2, 0) is 6.42 Å². The Bertz CT molecular complexity index is 680. The summed E-state index contributed by atoms with van der Waals surface area (Å²) < 4.78 is 27.2. The van der Waals surface area contributed by atoms with Gasteiger partial charge < -0.3 is 5.32 Å². The highest BCUT2D eigenvalue weighted by molar-refractivity contribution is 9.10. The molecule has 0 aliphatic heterocycles. The Morgan fingerprint density at radius 3 is 2.62 bits per heavy atom. The van der Waals surface area contributed by atoms with Gasteiger partial charge >= 0.3 is 0 Å². The van der Waals surface area contributed by atoms with Crippen LogP contribution in [0, 0.1) is 18.6 Å². The SMILES string of the molecule is CCCc1nc(Cl)c(C)c(Nc2cc(Br)c(F)cc2F)n1. The Balaban J connectivity index is 2.41. The second-order valence-electron chi connectivity index (χ2n) is 4.53. The summed E-state index contributed by atoms with van der Waals surface area (Å²) in [5.41, 5.74) is 0.722. The normalized spacial score (nSPS) is 10.8. The van der Waals surface area contributed by atoms with E-state index in [-0.39, 0.29) is 10.2 Å². The highest BCUT2D eigenvalue weighted by Gasteiger charge is 2.13. The van der Waals surface area contributed by atoms with E-state index in [1.54, 1.807) is 6.92 Å². The van der Waals surface area contributed by atoms with E-state index in [4.69, 9.17) is 11.6 Å². The Hall–Kier alpha value is -1.27. The van der Waals surface area contributed by atoms with E-state index in [0.29, 0.717) is 28.8 Å². The Morgan fingerprint density at radius 1 is 1.24 bits per heavy atom. The molecule has 1 aromatic carbocycles. The number of benzene rings is 1. The Labute approximate surface area is 134 Å². The molecule has 7 heteroatoms. The van der Waals surface area contributed by atoms with Gasteiger partial charge in [0.2, 0.25) is 0 Å². The van der Waals surface area contributed by atoms with Crippen molar-refractivity contribution in [2.45, 2.75) is 26.7 Å². The third kappa shape index (κ3) is 3.68. The average Bonchev–Trinajstić information content (AvgIpc) is 2.42. The van der Waals surface area contributed by atoms with Gasteiger partial charge in [0.05, 0.1) is 10.2 Å². The Kier molecular flexibility index (Phi) is 5.11. The summed E-state index contributed by atoms with van der Waals surface area (Å²) in [6, 6.07) is 2.12. The van der Waals surface area contributed by atoms with Gasteiger partial charge in [-0.15, -0.1) is 0 Å². The van der Waals surface area contributed by atoms with Crippen molar-refractivity contribution in [2.24, 2.45) is 0 Å². The third-order valence-electron chi connectivity index (χ3n) is 2.87. The number of nitrogens with zero attached hydrogens (tertiary/aromatic N) is 2. The zero-order valence-electron chi connectivity index (χ0n) is 11.5. The summed E-state index contributed by atoms with van der Waals surface area (Å²) in [6.45, 7) is 3.73. The maximum absolute atomic E-state index is 13.8. The molecule has 0 unspecified atom stereocenters. The second kappa shape index (κ2) is 6.66. The molecule has 0 aliphatic carbocycles. The molecule has 1 heterocycles. The van der Waals surface area contributed by atoms with Crippen molar-refractivity contribution in [3.8, 4) is 0 Å². The van der Waals surface area contributed by atoms with E-state index < -0.39 is 11.6 Å². The van der Waals surface area contributed by atoms with Crippen LogP contribution in [0.4, 0.5) is 20.3 Å². The molecule has 2 aromatic rings. The summed E-state index contributed by atoms with van der Waals surface area (Å²) in [7, 11) is 0. The fraction of sp³-hybridized carbons (Fsp3) is 0.286. The average molecular weight is 377 g/mol. The van der Waals surface area contributed by atoms with Gasteiger partial charge in [-0.3, -0.25) is 0 Å². The molecule has 1 N–H and O–H groups in total. The predicted molar refractivity (Wildman–Crippen MR) is 83.1 cm³/mol. The van der Waals surface area contributed by atoms with Gasteiger partial charge in [-0.05, 0) is 35.3 Å². The van der Waals surface area contributed by atoms with Crippen LogP contribution in [0.2, 0.25) is 5.15 Å². The lowest BCUT2D eigenvalue weighted by Crippen LogP contribution is -2.05. The highest BCUT2D eigenvalue weighted by atomic mass is 79.9. The molecule has 0 saturated heterocycles. The monoisotopic (exact) mass is 375 g/mol. The first kappa shape index (κ1) is 16.1. The molecule has 2 rings (SSSR count). The minimum Gasteiger partial charge on any atom is -0.337 e. The number of aryl methyl sites for hydroxylation is 1. The van der Waals surface area contributed by atoms with Crippen LogP contribution < -0.4 is 5.32 Å².